The molecule has 0 spiro atoms. The molecular weight excluding hydrogens is 238 g/mol. The molecule has 0 fully saturated rings. The Kier molecular flexibility index (Phi) is 6.57. The topological polar surface area (TPSA) is 29.1 Å². The molecule has 0 aromatic heterocycles. The number of hydrogen-bond donors (Lipinski definition) is 1. The summed E-state index contributed by atoms with van der Waals surface area (Å²) in [5, 5.41) is 3.35. The maximum Gasteiger partial charge on any atom is 0.0498 e. The summed E-state index contributed by atoms with van der Waals surface area (Å²) in [5.74, 6) is 2.38. The van der Waals surface area contributed by atoms with Gasteiger partial charge in [0.05, 0.1) is 0 Å². The number of rotatable bonds is 7. The molecule has 0 aliphatic carbocycles. The molecule has 0 aliphatic heterocycles. The van der Waals surface area contributed by atoms with E-state index in [9.17, 15) is 4.21 Å². The van der Waals surface area contributed by atoms with Crippen LogP contribution in [0.1, 0.15) is 13.3 Å². The molecule has 0 amide bonds. The van der Waals surface area contributed by atoms with E-state index in [2.05, 4.69) is 12.2 Å². The normalized spacial score (nSPS) is 12.4. The lowest BCUT2D eigenvalue weighted by atomic mass is 10.3. The molecule has 0 heterocycles. The SMILES string of the molecule is CCSCCCNc1cccc(S(C)=O)c1. The van der Waals surface area contributed by atoms with Gasteiger partial charge in [0, 0.05) is 34.2 Å². The van der Waals surface area contributed by atoms with E-state index in [0.717, 1.165) is 23.5 Å². The zero-order valence-electron chi connectivity index (χ0n) is 9.86. The lowest BCUT2D eigenvalue weighted by Gasteiger charge is -2.07. The fourth-order valence-electron chi connectivity index (χ4n) is 1.34. The molecule has 0 saturated carbocycles. The van der Waals surface area contributed by atoms with E-state index < -0.39 is 10.8 Å². The molecule has 0 bridgehead atoms. The summed E-state index contributed by atoms with van der Waals surface area (Å²) in [6.07, 6.45) is 2.87. The summed E-state index contributed by atoms with van der Waals surface area (Å²) in [5.41, 5.74) is 1.06. The van der Waals surface area contributed by atoms with Gasteiger partial charge in [-0.05, 0) is 36.1 Å². The van der Waals surface area contributed by atoms with Gasteiger partial charge in [0.25, 0.3) is 0 Å². The van der Waals surface area contributed by atoms with Crippen LogP contribution in [0, 0.1) is 0 Å². The van der Waals surface area contributed by atoms with Crippen LogP contribution in [0.2, 0.25) is 0 Å². The summed E-state index contributed by atoms with van der Waals surface area (Å²) in [4.78, 5) is 0.882. The standard InChI is InChI=1S/C12H19NOS2/c1-3-15-9-5-8-13-11-6-4-7-12(10-11)16(2)14/h4,6-7,10,13H,3,5,8-9H2,1-2H3. The molecule has 16 heavy (non-hydrogen) atoms. The molecular formula is C12H19NOS2. The number of nitrogens with one attached hydrogen (secondary N) is 1. The lowest BCUT2D eigenvalue weighted by molar-refractivity contribution is 0.687. The third-order valence-electron chi connectivity index (χ3n) is 2.16. The Morgan fingerprint density at radius 1 is 1.44 bits per heavy atom. The molecule has 2 nitrogen and oxygen atoms in total. The Morgan fingerprint density at radius 2 is 2.25 bits per heavy atom. The zero-order valence-corrected chi connectivity index (χ0v) is 11.5. The summed E-state index contributed by atoms with van der Waals surface area (Å²) in [7, 11) is -0.894. The number of thioether (sulfide) groups is 1. The van der Waals surface area contributed by atoms with Crippen LogP contribution in [-0.2, 0) is 10.8 Å². The quantitative estimate of drug-likeness (QED) is 0.761. The minimum atomic E-state index is -0.894. The molecule has 90 valence electrons. The average Bonchev–Trinajstić information content (AvgIpc) is 2.29. The van der Waals surface area contributed by atoms with Crippen molar-refractivity contribution in [3.63, 3.8) is 0 Å². The Morgan fingerprint density at radius 3 is 2.94 bits per heavy atom. The molecule has 0 saturated heterocycles. The van der Waals surface area contributed by atoms with E-state index in [-0.39, 0.29) is 0 Å². The lowest BCUT2D eigenvalue weighted by Crippen LogP contribution is -2.03. The van der Waals surface area contributed by atoms with Crippen LogP contribution in [0.15, 0.2) is 29.2 Å². The van der Waals surface area contributed by atoms with Gasteiger partial charge in [0.1, 0.15) is 0 Å². The predicted octanol–water partition coefficient (Wildman–Crippen LogP) is 2.98. The molecule has 4 heteroatoms. The van der Waals surface area contributed by atoms with Crippen molar-refractivity contribution < 1.29 is 4.21 Å². The Bertz CT molecular complexity index is 342. The van der Waals surface area contributed by atoms with E-state index in [1.807, 2.05) is 36.0 Å². The fourth-order valence-corrected chi connectivity index (χ4v) is 2.54. The highest BCUT2D eigenvalue weighted by Crippen LogP contribution is 2.13. The summed E-state index contributed by atoms with van der Waals surface area (Å²) < 4.78 is 11.3. The van der Waals surface area contributed by atoms with Gasteiger partial charge in [-0.2, -0.15) is 11.8 Å². The highest BCUT2D eigenvalue weighted by molar-refractivity contribution is 7.99. The van der Waals surface area contributed by atoms with Crippen molar-refractivity contribution in [2.24, 2.45) is 0 Å². The van der Waals surface area contributed by atoms with Gasteiger partial charge in [-0.25, -0.2) is 0 Å². The second-order valence-corrected chi connectivity index (χ2v) is 6.23. The van der Waals surface area contributed by atoms with Crippen molar-refractivity contribution in [2.75, 3.05) is 29.6 Å². The molecule has 1 rings (SSSR count). The highest BCUT2D eigenvalue weighted by atomic mass is 32.2. The number of hydrogen-bond acceptors (Lipinski definition) is 3. The van der Waals surface area contributed by atoms with Crippen LogP contribution in [0.4, 0.5) is 5.69 Å². The first-order chi connectivity index (χ1) is 7.74. The summed E-state index contributed by atoms with van der Waals surface area (Å²) in [6, 6.07) is 7.82. The maximum atomic E-state index is 11.3. The third-order valence-corrected chi connectivity index (χ3v) is 4.07. The molecule has 0 aliphatic rings. The van der Waals surface area contributed by atoms with Crippen LogP contribution in [0.5, 0.6) is 0 Å². The van der Waals surface area contributed by atoms with Crippen molar-refractivity contribution in [1.82, 2.24) is 0 Å². The number of anilines is 1. The Balaban J connectivity index is 2.36. The van der Waals surface area contributed by atoms with E-state index in [0.29, 0.717) is 0 Å². The smallest absolute Gasteiger partial charge is 0.0498 e. The van der Waals surface area contributed by atoms with Crippen LogP contribution in [0.3, 0.4) is 0 Å². The van der Waals surface area contributed by atoms with Crippen LogP contribution in [0.25, 0.3) is 0 Å². The van der Waals surface area contributed by atoms with Gasteiger partial charge in [-0.3, -0.25) is 4.21 Å². The monoisotopic (exact) mass is 257 g/mol. The van der Waals surface area contributed by atoms with Crippen LogP contribution >= 0.6 is 11.8 Å². The largest absolute Gasteiger partial charge is 0.385 e. The van der Waals surface area contributed by atoms with E-state index in [1.54, 1.807) is 6.26 Å². The second kappa shape index (κ2) is 7.74. The first-order valence-electron chi connectivity index (χ1n) is 5.49. The average molecular weight is 257 g/mol. The molecule has 1 aromatic rings. The van der Waals surface area contributed by atoms with Gasteiger partial charge >= 0.3 is 0 Å². The van der Waals surface area contributed by atoms with Crippen LogP contribution in [-0.4, -0.2) is 28.5 Å². The van der Waals surface area contributed by atoms with Crippen molar-refractivity contribution in [1.29, 1.82) is 0 Å². The maximum absolute atomic E-state index is 11.3. The third kappa shape index (κ3) is 5.03. The van der Waals surface area contributed by atoms with Gasteiger partial charge in [0.2, 0.25) is 0 Å². The Hall–Kier alpha value is -0.480. The zero-order chi connectivity index (χ0) is 11.8. The minimum absolute atomic E-state index is 0.882. The highest BCUT2D eigenvalue weighted by Gasteiger charge is 1.98. The molecule has 0 radical (unpaired) electrons. The van der Waals surface area contributed by atoms with Crippen molar-refractivity contribution >= 4 is 28.2 Å². The van der Waals surface area contributed by atoms with Crippen molar-refractivity contribution in [3.8, 4) is 0 Å². The number of benzene rings is 1. The van der Waals surface area contributed by atoms with Crippen LogP contribution < -0.4 is 5.32 Å². The first kappa shape index (κ1) is 13.6. The van der Waals surface area contributed by atoms with E-state index in [1.165, 1.54) is 11.5 Å². The van der Waals surface area contributed by atoms with Gasteiger partial charge in [0.15, 0.2) is 0 Å². The van der Waals surface area contributed by atoms with Crippen molar-refractivity contribution in [2.45, 2.75) is 18.2 Å². The molecule has 1 atom stereocenters. The van der Waals surface area contributed by atoms with E-state index in [4.69, 9.17) is 0 Å². The van der Waals surface area contributed by atoms with Gasteiger partial charge < -0.3 is 5.32 Å². The fraction of sp³-hybridized carbons (Fsp3) is 0.500. The Labute approximate surface area is 105 Å². The molecule has 1 aromatic carbocycles. The predicted molar refractivity (Wildman–Crippen MR) is 74.9 cm³/mol. The summed E-state index contributed by atoms with van der Waals surface area (Å²) in [6.45, 7) is 3.16. The van der Waals surface area contributed by atoms with Gasteiger partial charge in [-0.15, -0.1) is 0 Å². The minimum Gasteiger partial charge on any atom is -0.385 e. The van der Waals surface area contributed by atoms with E-state index >= 15 is 0 Å². The molecule has 1 N–H and O–H groups in total. The van der Waals surface area contributed by atoms with Crippen molar-refractivity contribution in [3.05, 3.63) is 24.3 Å². The van der Waals surface area contributed by atoms with Gasteiger partial charge in [-0.1, -0.05) is 13.0 Å². The first-order valence-corrected chi connectivity index (χ1v) is 8.20. The summed E-state index contributed by atoms with van der Waals surface area (Å²) >= 11 is 1.96. The molecule has 1 unspecified atom stereocenters. The second-order valence-electron chi connectivity index (χ2n) is 3.46.